The molecule has 0 aliphatic carbocycles. The summed E-state index contributed by atoms with van der Waals surface area (Å²) in [7, 11) is -3.14. The summed E-state index contributed by atoms with van der Waals surface area (Å²) >= 11 is 0. The number of hydrogen-bond donors (Lipinski definition) is 1. The van der Waals surface area contributed by atoms with Crippen LogP contribution in [0.1, 0.15) is 11.1 Å². The van der Waals surface area contributed by atoms with Gasteiger partial charge >= 0.3 is 6.18 Å². The van der Waals surface area contributed by atoms with Crippen molar-refractivity contribution in [3.63, 3.8) is 0 Å². The molecule has 0 amide bonds. The Kier molecular flexibility index (Phi) is 3.72. The second-order valence-electron chi connectivity index (χ2n) is 5.02. The quantitative estimate of drug-likeness (QED) is 0.860. The lowest BCUT2D eigenvalue weighted by atomic mass is 10.0. The molecule has 0 atom stereocenters. The van der Waals surface area contributed by atoms with E-state index in [4.69, 9.17) is 5.73 Å². The van der Waals surface area contributed by atoms with E-state index in [1.807, 2.05) is 0 Å². The molecular weight excluding hydrogens is 293 g/mol. The SMILES string of the molecule is CS(=O)(=O)C1CN(Cc2c(N)cccc2C(F)(F)F)C1. The molecular formula is C12H15F3N2O2S. The number of likely N-dealkylation sites (tertiary alicyclic amines) is 1. The number of benzene rings is 1. The zero-order valence-corrected chi connectivity index (χ0v) is 11.6. The Bertz CT molecular complexity index is 608. The molecule has 2 rings (SSSR count). The standard InChI is InChI=1S/C12H15F3N2O2S/c1-20(18,19)8-5-17(6-8)7-9-10(12(13,14)15)3-2-4-11(9)16/h2-4,8H,5-7,16H2,1H3. The summed E-state index contributed by atoms with van der Waals surface area (Å²) in [5.74, 6) is 0. The average Bonchev–Trinajstić information content (AvgIpc) is 2.20. The number of hydrogen-bond acceptors (Lipinski definition) is 4. The third kappa shape index (κ3) is 3.06. The van der Waals surface area contributed by atoms with Crippen molar-refractivity contribution in [3.05, 3.63) is 29.3 Å². The van der Waals surface area contributed by atoms with Gasteiger partial charge in [-0.1, -0.05) is 6.07 Å². The number of nitrogen functional groups attached to an aromatic ring is 1. The third-order valence-electron chi connectivity index (χ3n) is 3.43. The van der Waals surface area contributed by atoms with Gasteiger partial charge in [-0.2, -0.15) is 13.2 Å². The van der Waals surface area contributed by atoms with E-state index < -0.39 is 26.8 Å². The summed E-state index contributed by atoms with van der Waals surface area (Å²) in [4.78, 5) is 1.65. The Hall–Kier alpha value is -1.28. The maximum absolute atomic E-state index is 12.9. The molecule has 0 radical (unpaired) electrons. The van der Waals surface area contributed by atoms with E-state index in [0.717, 1.165) is 12.3 Å². The number of nitrogens with two attached hydrogens (primary N) is 1. The van der Waals surface area contributed by atoms with Gasteiger partial charge in [0.2, 0.25) is 0 Å². The monoisotopic (exact) mass is 308 g/mol. The van der Waals surface area contributed by atoms with Gasteiger partial charge in [-0.25, -0.2) is 8.42 Å². The minimum atomic E-state index is -4.47. The molecule has 1 aliphatic rings. The first-order chi connectivity index (χ1) is 9.09. The van der Waals surface area contributed by atoms with Crippen molar-refractivity contribution in [2.45, 2.75) is 18.0 Å². The minimum absolute atomic E-state index is 0.00644. The van der Waals surface area contributed by atoms with Gasteiger partial charge in [-0.3, -0.25) is 4.90 Å². The van der Waals surface area contributed by atoms with E-state index >= 15 is 0 Å². The molecule has 20 heavy (non-hydrogen) atoms. The van der Waals surface area contributed by atoms with Gasteiger partial charge in [0.15, 0.2) is 9.84 Å². The van der Waals surface area contributed by atoms with Crippen LogP contribution in [0.15, 0.2) is 18.2 Å². The number of halogens is 3. The van der Waals surface area contributed by atoms with Crippen LogP contribution in [0.2, 0.25) is 0 Å². The lowest BCUT2D eigenvalue weighted by Gasteiger charge is -2.38. The zero-order chi connectivity index (χ0) is 15.1. The van der Waals surface area contributed by atoms with Crippen molar-refractivity contribution >= 4 is 15.5 Å². The molecule has 1 fully saturated rings. The first-order valence-corrected chi connectivity index (χ1v) is 7.90. The molecule has 0 aromatic heterocycles. The van der Waals surface area contributed by atoms with Crippen LogP contribution in [0, 0.1) is 0 Å². The summed E-state index contributed by atoms with van der Waals surface area (Å²) in [6.07, 6.45) is -3.33. The average molecular weight is 308 g/mol. The maximum Gasteiger partial charge on any atom is 0.416 e. The van der Waals surface area contributed by atoms with Crippen LogP contribution in [0.5, 0.6) is 0 Å². The van der Waals surface area contributed by atoms with Gasteiger partial charge in [0.25, 0.3) is 0 Å². The molecule has 0 spiro atoms. The molecule has 0 bridgehead atoms. The van der Waals surface area contributed by atoms with Crippen LogP contribution >= 0.6 is 0 Å². The first kappa shape index (κ1) is 15.1. The summed E-state index contributed by atoms with van der Waals surface area (Å²) in [6.45, 7) is 0.489. The van der Waals surface area contributed by atoms with Crippen LogP contribution < -0.4 is 5.73 Å². The molecule has 1 aliphatic heterocycles. The highest BCUT2D eigenvalue weighted by Gasteiger charge is 2.38. The van der Waals surface area contributed by atoms with Crippen molar-refractivity contribution in [3.8, 4) is 0 Å². The molecule has 0 saturated carbocycles. The van der Waals surface area contributed by atoms with Crippen molar-refractivity contribution in [2.24, 2.45) is 0 Å². The van der Waals surface area contributed by atoms with E-state index in [1.54, 1.807) is 4.90 Å². The van der Waals surface area contributed by atoms with Crippen molar-refractivity contribution in [2.75, 3.05) is 25.1 Å². The Morgan fingerprint density at radius 3 is 2.45 bits per heavy atom. The summed E-state index contributed by atoms with van der Waals surface area (Å²) in [5, 5.41) is -0.498. The van der Waals surface area contributed by atoms with E-state index in [-0.39, 0.29) is 30.9 Å². The lowest BCUT2D eigenvalue weighted by Crippen LogP contribution is -2.53. The number of alkyl halides is 3. The number of sulfone groups is 1. The maximum atomic E-state index is 12.9. The fourth-order valence-corrected chi connectivity index (χ4v) is 3.16. The van der Waals surface area contributed by atoms with E-state index in [2.05, 4.69) is 0 Å². The van der Waals surface area contributed by atoms with Gasteiger partial charge < -0.3 is 5.73 Å². The van der Waals surface area contributed by atoms with Gasteiger partial charge in [-0.05, 0) is 12.1 Å². The predicted molar refractivity (Wildman–Crippen MR) is 69.8 cm³/mol. The van der Waals surface area contributed by atoms with Gasteiger partial charge in [0.05, 0.1) is 10.8 Å². The molecule has 112 valence electrons. The van der Waals surface area contributed by atoms with Gasteiger partial charge in [0.1, 0.15) is 0 Å². The molecule has 1 saturated heterocycles. The number of anilines is 1. The summed E-state index contributed by atoms with van der Waals surface area (Å²) in [6, 6.07) is 3.66. The van der Waals surface area contributed by atoms with Crippen LogP contribution in [0.4, 0.5) is 18.9 Å². The van der Waals surface area contributed by atoms with Crippen LogP contribution in [0.3, 0.4) is 0 Å². The molecule has 1 aromatic rings. The van der Waals surface area contributed by atoms with Crippen molar-refractivity contribution in [1.29, 1.82) is 0 Å². The van der Waals surface area contributed by atoms with E-state index in [9.17, 15) is 21.6 Å². The fourth-order valence-electron chi connectivity index (χ4n) is 2.19. The summed E-state index contributed by atoms with van der Waals surface area (Å²) < 4.78 is 61.2. The largest absolute Gasteiger partial charge is 0.416 e. The first-order valence-electron chi connectivity index (χ1n) is 5.95. The highest BCUT2D eigenvalue weighted by atomic mass is 32.2. The fraction of sp³-hybridized carbons (Fsp3) is 0.500. The van der Waals surface area contributed by atoms with Crippen molar-refractivity contribution < 1.29 is 21.6 Å². The smallest absolute Gasteiger partial charge is 0.398 e. The topological polar surface area (TPSA) is 63.4 Å². The molecule has 4 nitrogen and oxygen atoms in total. The lowest BCUT2D eigenvalue weighted by molar-refractivity contribution is -0.138. The Morgan fingerprint density at radius 1 is 1.35 bits per heavy atom. The van der Waals surface area contributed by atoms with Crippen LogP contribution in [-0.4, -0.2) is 37.9 Å². The Morgan fingerprint density at radius 2 is 1.95 bits per heavy atom. The number of rotatable bonds is 3. The second-order valence-corrected chi connectivity index (χ2v) is 7.34. The molecule has 1 aromatic carbocycles. The second kappa shape index (κ2) is 4.92. The van der Waals surface area contributed by atoms with E-state index in [0.29, 0.717) is 0 Å². The van der Waals surface area contributed by atoms with Crippen molar-refractivity contribution in [1.82, 2.24) is 4.90 Å². The minimum Gasteiger partial charge on any atom is -0.398 e. The third-order valence-corrected chi connectivity index (χ3v) is 4.94. The van der Waals surface area contributed by atoms with Gasteiger partial charge in [0, 0.05) is 37.1 Å². The molecule has 2 N–H and O–H groups in total. The van der Waals surface area contributed by atoms with Crippen LogP contribution in [0.25, 0.3) is 0 Å². The normalized spacial score (nSPS) is 18.0. The highest BCUT2D eigenvalue weighted by Crippen LogP contribution is 2.35. The Balaban J connectivity index is 2.16. The van der Waals surface area contributed by atoms with E-state index in [1.165, 1.54) is 12.1 Å². The molecule has 0 unspecified atom stereocenters. The number of nitrogens with zero attached hydrogens (tertiary/aromatic N) is 1. The predicted octanol–water partition coefficient (Wildman–Crippen LogP) is 1.52. The van der Waals surface area contributed by atoms with Crippen LogP contribution in [-0.2, 0) is 22.6 Å². The molecule has 1 heterocycles. The van der Waals surface area contributed by atoms with Gasteiger partial charge in [-0.15, -0.1) is 0 Å². The zero-order valence-electron chi connectivity index (χ0n) is 10.8. The highest BCUT2D eigenvalue weighted by molar-refractivity contribution is 7.91. The summed E-state index contributed by atoms with van der Waals surface area (Å²) in [5.41, 5.74) is 4.94. The molecule has 8 heteroatoms. The Labute approximate surface area is 115 Å².